The molecule has 25 heavy (non-hydrogen) atoms. The van der Waals surface area contributed by atoms with Crippen molar-refractivity contribution in [3.8, 4) is 17.3 Å². The molecule has 0 atom stereocenters. The predicted molar refractivity (Wildman–Crippen MR) is 95.1 cm³/mol. The topological polar surface area (TPSA) is 105 Å². The minimum Gasteiger partial charge on any atom is -0.399 e. The summed E-state index contributed by atoms with van der Waals surface area (Å²) in [7, 11) is 0. The van der Waals surface area contributed by atoms with Crippen LogP contribution in [0.4, 0.5) is 17.3 Å². The van der Waals surface area contributed by atoms with Crippen molar-refractivity contribution in [1.29, 1.82) is 5.26 Å². The molecular weight excluding hydrogens is 314 g/mol. The first-order valence-electron chi connectivity index (χ1n) is 7.57. The average Bonchev–Trinajstić information content (AvgIpc) is 3.04. The van der Waals surface area contributed by atoms with E-state index in [4.69, 9.17) is 11.0 Å². The molecule has 0 aliphatic rings. The number of nitrogens with one attached hydrogen (secondary N) is 1. The predicted octanol–water partition coefficient (Wildman–Crippen LogP) is 2.99. The number of para-hydroxylation sites is 1. The Kier molecular flexibility index (Phi) is 3.48. The van der Waals surface area contributed by atoms with E-state index in [1.54, 1.807) is 23.0 Å². The van der Waals surface area contributed by atoms with Gasteiger partial charge < -0.3 is 11.1 Å². The summed E-state index contributed by atoms with van der Waals surface area (Å²) < 4.78 is 1.65. The lowest BCUT2D eigenvalue weighted by atomic mass is 10.1. The standard InChI is InChI=1S/C18H13N7/c19-9-13-3-1-2-4-15(13)22-18-23-17-10-21-16(11-25(17)24-18)12-5-7-14(20)8-6-12/h1-8,10-11H,20H2,(H,22,24). The molecule has 0 aliphatic carbocycles. The Bertz CT molecular complexity index is 1090. The summed E-state index contributed by atoms with van der Waals surface area (Å²) in [5, 5.41) is 16.6. The van der Waals surface area contributed by atoms with E-state index in [2.05, 4.69) is 26.5 Å². The maximum atomic E-state index is 9.16. The van der Waals surface area contributed by atoms with Crippen molar-refractivity contribution in [3.05, 3.63) is 66.5 Å². The van der Waals surface area contributed by atoms with Gasteiger partial charge in [0.05, 0.1) is 29.3 Å². The van der Waals surface area contributed by atoms with Gasteiger partial charge in [-0.15, -0.1) is 5.10 Å². The number of nitrogen functional groups attached to an aromatic ring is 1. The molecule has 0 radical (unpaired) electrons. The van der Waals surface area contributed by atoms with E-state index in [9.17, 15) is 0 Å². The van der Waals surface area contributed by atoms with Gasteiger partial charge in [0.25, 0.3) is 0 Å². The Morgan fingerprint density at radius 3 is 2.68 bits per heavy atom. The van der Waals surface area contributed by atoms with Crippen LogP contribution in [0, 0.1) is 11.3 Å². The van der Waals surface area contributed by atoms with Gasteiger partial charge in [-0.05, 0) is 24.3 Å². The Balaban J connectivity index is 1.69. The van der Waals surface area contributed by atoms with Crippen molar-refractivity contribution < 1.29 is 0 Å². The molecule has 120 valence electrons. The van der Waals surface area contributed by atoms with Crippen LogP contribution in [-0.2, 0) is 0 Å². The van der Waals surface area contributed by atoms with Gasteiger partial charge in [-0.3, -0.25) is 4.98 Å². The molecule has 0 bridgehead atoms. The van der Waals surface area contributed by atoms with Gasteiger partial charge in [0.1, 0.15) is 6.07 Å². The second kappa shape index (κ2) is 5.94. The minimum atomic E-state index is 0.402. The largest absolute Gasteiger partial charge is 0.399 e. The average molecular weight is 327 g/mol. The van der Waals surface area contributed by atoms with Crippen molar-refractivity contribution >= 4 is 23.0 Å². The highest BCUT2D eigenvalue weighted by Gasteiger charge is 2.08. The van der Waals surface area contributed by atoms with Crippen LogP contribution in [0.15, 0.2) is 60.9 Å². The van der Waals surface area contributed by atoms with Crippen LogP contribution in [0.5, 0.6) is 0 Å². The summed E-state index contributed by atoms with van der Waals surface area (Å²) in [5.41, 5.74) is 9.92. The first-order valence-corrected chi connectivity index (χ1v) is 7.57. The molecular formula is C18H13N7. The fraction of sp³-hybridized carbons (Fsp3) is 0. The fourth-order valence-corrected chi connectivity index (χ4v) is 2.46. The maximum absolute atomic E-state index is 9.16. The van der Waals surface area contributed by atoms with E-state index < -0.39 is 0 Å². The Morgan fingerprint density at radius 1 is 1.08 bits per heavy atom. The van der Waals surface area contributed by atoms with Crippen molar-refractivity contribution in [3.63, 3.8) is 0 Å². The Labute approximate surface area is 143 Å². The number of hydrogen-bond acceptors (Lipinski definition) is 6. The number of hydrogen-bond donors (Lipinski definition) is 2. The van der Waals surface area contributed by atoms with Gasteiger partial charge in [-0.1, -0.05) is 24.3 Å². The molecule has 2 aromatic carbocycles. The normalized spacial score (nSPS) is 10.5. The molecule has 7 heteroatoms. The maximum Gasteiger partial charge on any atom is 0.247 e. The summed E-state index contributed by atoms with van der Waals surface area (Å²) in [6.45, 7) is 0. The van der Waals surface area contributed by atoms with Crippen LogP contribution in [0.2, 0.25) is 0 Å². The first kappa shape index (κ1) is 14.7. The summed E-state index contributed by atoms with van der Waals surface area (Å²) in [6, 6.07) is 16.8. The second-order valence-electron chi connectivity index (χ2n) is 5.42. The van der Waals surface area contributed by atoms with Crippen LogP contribution in [-0.4, -0.2) is 19.6 Å². The molecule has 0 amide bonds. The first-order chi connectivity index (χ1) is 12.2. The summed E-state index contributed by atoms with van der Waals surface area (Å²) in [5.74, 6) is 0.402. The molecule has 3 N–H and O–H groups in total. The lowest BCUT2D eigenvalue weighted by Crippen LogP contribution is -1.96. The number of nitrogens with zero attached hydrogens (tertiary/aromatic N) is 5. The smallest absolute Gasteiger partial charge is 0.247 e. The third kappa shape index (κ3) is 2.84. The van der Waals surface area contributed by atoms with E-state index in [0.29, 0.717) is 28.5 Å². The number of nitrogens with two attached hydrogens (primary N) is 1. The van der Waals surface area contributed by atoms with Gasteiger partial charge in [-0.25, -0.2) is 4.52 Å². The number of fused-ring (bicyclic) bond motifs is 1. The molecule has 4 rings (SSSR count). The molecule has 0 spiro atoms. The number of anilines is 3. The van der Waals surface area contributed by atoms with E-state index in [0.717, 1.165) is 11.3 Å². The molecule has 0 fully saturated rings. The van der Waals surface area contributed by atoms with Crippen molar-refractivity contribution in [2.45, 2.75) is 0 Å². The van der Waals surface area contributed by atoms with Gasteiger partial charge in [0.2, 0.25) is 5.95 Å². The fourth-order valence-electron chi connectivity index (χ4n) is 2.46. The SMILES string of the molecule is N#Cc1ccccc1Nc1nc2cnc(-c3ccc(N)cc3)cn2n1. The van der Waals surface area contributed by atoms with E-state index in [-0.39, 0.29) is 0 Å². The molecule has 2 aromatic heterocycles. The molecule has 0 unspecified atom stereocenters. The number of nitriles is 1. The molecule has 0 saturated heterocycles. The highest BCUT2D eigenvalue weighted by atomic mass is 15.3. The number of rotatable bonds is 3. The highest BCUT2D eigenvalue weighted by molar-refractivity contribution is 5.65. The Morgan fingerprint density at radius 2 is 1.88 bits per heavy atom. The monoisotopic (exact) mass is 327 g/mol. The zero-order valence-electron chi connectivity index (χ0n) is 13.1. The zero-order chi connectivity index (χ0) is 17.2. The second-order valence-corrected chi connectivity index (χ2v) is 5.42. The van der Waals surface area contributed by atoms with Gasteiger partial charge in [-0.2, -0.15) is 10.2 Å². The van der Waals surface area contributed by atoms with Crippen LogP contribution in [0.3, 0.4) is 0 Å². The lowest BCUT2D eigenvalue weighted by molar-refractivity contribution is 0.952. The molecule has 7 nitrogen and oxygen atoms in total. The molecule has 4 aromatic rings. The lowest BCUT2D eigenvalue weighted by Gasteiger charge is -2.02. The third-order valence-electron chi connectivity index (χ3n) is 3.72. The van der Waals surface area contributed by atoms with Gasteiger partial charge in [0.15, 0.2) is 5.65 Å². The highest BCUT2D eigenvalue weighted by Crippen LogP contribution is 2.21. The van der Waals surface area contributed by atoms with Gasteiger partial charge in [0, 0.05) is 11.3 Å². The van der Waals surface area contributed by atoms with Gasteiger partial charge >= 0.3 is 0 Å². The van der Waals surface area contributed by atoms with Crippen LogP contribution in [0.25, 0.3) is 16.9 Å². The van der Waals surface area contributed by atoms with Crippen molar-refractivity contribution in [2.24, 2.45) is 0 Å². The summed E-state index contributed by atoms with van der Waals surface area (Å²) in [4.78, 5) is 8.80. The number of aromatic nitrogens is 4. The molecule has 0 saturated carbocycles. The molecule has 2 heterocycles. The van der Waals surface area contributed by atoms with Crippen molar-refractivity contribution in [1.82, 2.24) is 19.6 Å². The quantitative estimate of drug-likeness (QED) is 0.560. The summed E-state index contributed by atoms with van der Waals surface area (Å²) >= 11 is 0. The summed E-state index contributed by atoms with van der Waals surface area (Å²) in [6.07, 6.45) is 3.45. The molecule has 0 aliphatic heterocycles. The zero-order valence-corrected chi connectivity index (χ0v) is 13.1. The third-order valence-corrected chi connectivity index (χ3v) is 3.72. The van der Waals surface area contributed by atoms with Crippen LogP contribution < -0.4 is 11.1 Å². The van der Waals surface area contributed by atoms with Crippen LogP contribution in [0.1, 0.15) is 5.56 Å². The Hall–Kier alpha value is -3.92. The minimum absolute atomic E-state index is 0.402. The van der Waals surface area contributed by atoms with Crippen LogP contribution >= 0.6 is 0 Å². The number of benzene rings is 2. The van der Waals surface area contributed by atoms with Crippen molar-refractivity contribution in [2.75, 3.05) is 11.1 Å². The van der Waals surface area contributed by atoms with E-state index in [1.807, 2.05) is 42.5 Å². The van der Waals surface area contributed by atoms with E-state index >= 15 is 0 Å². The van der Waals surface area contributed by atoms with E-state index in [1.165, 1.54) is 0 Å².